The van der Waals surface area contributed by atoms with E-state index < -0.39 is 16.9 Å². The van der Waals surface area contributed by atoms with Crippen LogP contribution in [0.25, 0.3) is 0 Å². The molecule has 0 aromatic carbocycles. The van der Waals surface area contributed by atoms with Crippen LogP contribution >= 0.6 is 0 Å². The maximum Gasteiger partial charge on any atom is 0.390 e. The lowest BCUT2D eigenvalue weighted by Crippen LogP contribution is -2.28. The fourth-order valence-electron chi connectivity index (χ4n) is 2.47. The van der Waals surface area contributed by atoms with Crippen LogP contribution in [-0.2, 0) is 11.3 Å². The summed E-state index contributed by atoms with van der Waals surface area (Å²) >= 11 is 0. The largest absolute Gasteiger partial charge is 0.390 e. The van der Waals surface area contributed by atoms with Crippen LogP contribution in [-0.4, -0.2) is 42.8 Å². The lowest BCUT2D eigenvalue weighted by atomic mass is 10.2. The quantitative estimate of drug-likeness (QED) is 0.530. The SMILES string of the molecule is CCCNC(=O)c1nn(CC)cc1NC(=O)C(C)n1nc([N+](=O)[O-])cc1C. The smallest absolute Gasteiger partial charge is 0.358 e. The monoisotopic (exact) mass is 377 g/mol. The third kappa shape index (κ3) is 4.49. The predicted molar refractivity (Wildman–Crippen MR) is 97.5 cm³/mol. The molecule has 1 atom stereocenters. The number of carbonyl (C=O) groups is 2. The van der Waals surface area contributed by atoms with E-state index in [0.717, 1.165) is 6.42 Å². The molecule has 0 aliphatic carbocycles. The lowest BCUT2D eigenvalue weighted by Gasteiger charge is -2.11. The fraction of sp³-hybridized carbons (Fsp3) is 0.500. The van der Waals surface area contributed by atoms with Crippen LogP contribution in [0, 0.1) is 17.0 Å². The Morgan fingerprint density at radius 2 is 2.04 bits per heavy atom. The normalized spacial score (nSPS) is 11.9. The van der Waals surface area contributed by atoms with Gasteiger partial charge in [0.25, 0.3) is 11.8 Å². The number of aryl methyl sites for hydroxylation is 2. The van der Waals surface area contributed by atoms with Gasteiger partial charge in [0.05, 0.1) is 22.5 Å². The molecule has 2 rings (SSSR count). The number of amides is 2. The first-order valence-electron chi connectivity index (χ1n) is 8.65. The molecule has 2 heterocycles. The van der Waals surface area contributed by atoms with Crippen molar-refractivity contribution in [3.63, 3.8) is 0 Å². The highest BCUT2D eigenvalue weighted by atomic mass is 16.6. The van der Waals surface area contributed by atoms with Gasteiger partial charge >= 0.3 is 5.82 Å². The van der Waals surface area contributed by atoms with Gasteiger partial charge in [0.1, 0.15) is 6.04 Å². The predicted octanol–water partition coefficient (Wildman–Crippen LogP) is 1.66. The van der Waals surface area contributed by atoms with E-state index in [1.165, 1.54) is 10.7 Å². The topological polar surface area (TPSA) is 137 Å². The summed E-state index contributed by atoms with van der Waals surface area (Å²) in [5.74, 6) is -1.17. The molecule has 2 amide bonds. The van der Waals surface area contributed by atoms with E-state index in [1.807, 2.05) is 13.8 Å². The minimum Gasteiger partial charge on any atom is -0.358 e. The standard InChI is InChI=1S/C16H23N7O4/c1-5-7-17-16(25)14-12(9-21(6-2)20-14)18-15(24)11(4)22-10(3)8-13(19-22)23(26)27/h8-9,11H,5-7H2,1-4H3,(H,17,25)(H,18,24). The zero-order valence-electron chi connectivity index (χ0n) is 15.7. The van der Waals surface area contributed by atoms with Crippen molar-refractivity contribution < 1.29 is 14.5 Å². The summed E-state index contributed by atoms with van der Waals surface area (Å²) in [6, 6.07) is 0.484. The van der Waals surface area contributed by atoms with Gasteiger partial charge in [-0.2, -0.15) is 9.78 Å². The van der Waals surface area contributed by atoms with Crippen LogP contribution in [0.15, 0.2) is 12.3 Å². The molecule has 146 valence electrons. The summed E-state index contributed by atoms with van der Waals surface area (Å²) in [5.41, 5.74) is 0.880. The van der Waals surface area contributed by atoms with Crippen LogP contribution in [0.2, 0.25) is 0 Å². The summed E-state index contributed by atoms with van der Waals surface area (Å²) in [5, 5.41) is 24.3. The van der Waals surface area contributed by atoms with Gasteiger partial charge in [-0.15, -0.1) is 0 Å². The van der Waals surface area contributed by atoms with Crippen molar-refractivity contribution in [2.75, 3.05) is 11.9 Å². The Hall–Kier alpha value is -3.24. The highest BCUT2D eigenvalue weighted by molar-refractivity contribution is 6.03. The van der Waals surface area contributed by atoms with Crippen molar-refractivity contribution in [3.05, 3.63) is 33.8 Å². The third-order valence-electron chi connectivity index (χ3n) is 3.94. The van der Waals surface area contributed by atoms with Crippen LogP contribution in [0.5, 0.6) is 0 Å². The highest BCUT2D eigenvalue weighted by Gasteiger charge is 2.26. The molecular formula is C16H23N7O4. The molecule has 2 N–H and O–H groups in total. The lowest BCUT2D eigenvalue weighted by molar-refractivity contribution is -0.389. The number of nitro groups is 1. The van der Waals surface area contributed by atoms with Gasteiger partial charge in [-0.05, 0) is 32.1 Å². The number of anilines is 1. The van der Waals surface area contributed by atoms with Gasteiger partial charge in [0.2, 0.25) is 0 Å². The molecule has 1 unspecified atom stereocenters. The molecular weight excluding hydrogens is 354 g/mol. The van der Waals surface area contributed by atoms with E-state index in [0.29, 0.717) is 18.8 Å². The molecule has 0 radical (unpaired) electrons. The van der Waals surface area contributed by atoms with Crippen molar-refractivity contribution in [2.24, 2.45) is 0 Å². The second kappa shape index (κ2) is 8.43. The number of rotatable bonds is 8. The van der Waals surface area contributed by atoms with Gasteiger partial charge in [-0.1, -0.05) is 6.92 Å². The van der Waals surface area contributed by atoms with Crippen LogP contribution in [0.1, 0.15) is 49.4 Å². The summed E-state index contributed by atoms with van der Waals surface area (Å²) in [4.78, 5) is 35.1. The van der Waals surface area contributed by atoms with Gasteiger partial charge < -0.3 is 20.7 Å². The molecule has 2 aromatic rings. The highest BCUT2D eigenvalue weighted by Crippen LogP contribution is 2.19. The third-order valence-corrected chi connectivity index (χ3v) is 3.94. The first kappa shape index (κ1) is 20.1. The minimum atomic E-state index is -0.810. The summed E-state index contributed by atoms with van der Waals surface area (Å²) in [6.07, 6.45) is 2.35. The molecule has 11 heteroatoms. The molecule has 0 saturated carbocycles. The van der Waals surface area contributed by atoms with Crippen molar-refractivity contribution in [2.45, 2.75) is 46.7 Å². The maximum absolute atomic E-state index is 12.6. The Balaban J connectivity index is 2.23. The van der Waals surface area contributed by atoms with E-state index in [4.69, 9.17) is 0 Å². The molecule has 27 heavy (non-hydrogen) atoms. The molecule has 0 bridgehead atoms. The zero-order valence-corrected chi connectivity index (χ0v) is 15.7. The Morgan fingerprint density at radius 3 is 2.59 bits per heavy atom. The van der Waals surface area contributed by atoms with Crippen molar-refractivity contribution in [1.82, 2.24) is 24.9 Å². The van der Waals surface area contributed by atoms with Crippen molar-refractivity contribution in [3.8, 4) is 0 Å². The summed E-state index contributed by atoms with van der Waals surface area (Å²) in [7, 11) is 0. The Bertz CT molecular complexity index is 855. The molecule has 0 spiro atoms. The Morgan fingerprint density at radius 1 is 1.33 bits per heavy atom. The van der Waals surface area contributed by atoms with Gasteiger partial charge in [0.15, 0.2) is 5.69 Å². The second-order valence-corrected chi connectivity index (χ2v) is 6.01. The molecule has 0 aliphatic rings. The maximum atomic E-state index is 12.6. The van der Waals surface area contributed by atoms with Crippen molar-refractivity contribution in [1.29, 1.82) is 0 Å². The van der Waals surface area contributed by atoms with Gasteiger partial charge in [-0.3, -0.25) is 14.3 Å². The van der Waals surface area contributed by atoms with Crippen molar-refractivity contribution >= 4 is 23.3 Å². The Kier molecular flexibility index (Phi) is 6.27. The Labute approximate surface area is 155 Å². The van der Waals surface area contributed by atoms with Crippen LogP contribution in [0.3, 0.4) is 0 Å². The van der Waals surface area contributed by atoms with E-state index in [-0.39, 0.29) is 23.1 Å². The molecule has 0 aliphatic heterocycles. The summed E-state index contributed by atoms with van der Waals surface area (Å²) < 4.78 is 2.82. The fourth-order valence-corrected chi connectivity index (χ4v) is 2.47. The van der Waals surface area contributed by atoms with E-state index in [1.54, 1.807) is 24.7 Å². The second-order valence-electron chi connectivity index (χ2n) is 6.01. The first-order chi connectivity index (χ1) is 12.8. The average Bonchev–Trinajstić information content (AvgIpc) is 3.22. The first-order valence-corrected chi connectivity index (χ1v) is 8.65. The number of carbonyl (C=O) groups excluding carboxylic acids is 2. The number of hydrogen-bond acceptors (Lipinski definition) is 6. The van der Waals surface area contributed by atoms with Crippen LogP contribution in [0.4, 0.5) is 11.5 Å². The van der Waals surface area contributed by atoms with Gasteiger partial charge in [-0.25, -0.2) is 0 Å². The zero-order chi connectivity index (χ0) is 20.1. The van der Waals surface area contributed by atoms with E-state index in [9.17, 15) is 19.7 Å². The molecule has 0 fully saturated rings. The number of nitrogens with zero attached hydrogens (tertiary/aromatic N) is 5. The van der Waals surface area contributed by atoms with E-state index >= 15 is 0 Å². The molecule has 0 saturated heterocycles. The number of hydrogen-bond donors (Lipinski definition) is 2. The van der Waals surface area contributed by atoms with E-state index in [2.05, 4.69) is 20.8 Å². The van der Waals surface area contributed by atoms with Gasteiger partial charge in [0, 0.05) is 19.3 Å². The minimum absolute atomic E-state index is 0.119. The summed E-state index contributed by atoms with van der Waals surface area (Å²) in [6.45, 7) is 8.02. The number of nitrogens with one attached hydrogen (secondary N) is 2. The number of aromatic nitrogens is 4. The van der Waals surface area contributed by atoms with Crippen LogP contribution < -0.4 is 10.6 Å². The molecule has 2 aromatic heterocycles. The molecule has 11 nitrogen and oxygen atoms in total. The average molecular weight is 377 g/mol.